The minimum absolute atomic E-state index is 0.0165. The van der Waals surface area contributed by atoms with Crippen molar-refractivity contribution in [1.29, 1.82) is 0 Å². The third-order valence-corrected chi connectivity index (χ3v) is 7.19. The first kappa shape index (κ1) is 20.1. The van der Waals surface area contributed by atoms with Gasteiger partial charge in [-0.15, -0.1) is 0 Å². The highest BCUT2D eigenvalue weighted by molar-refractivity contribution is 6.32. The van der Waals surface area contributed by atoms with E-state index in [0.29, 0.717) is 59.1 Å². The molecule has 3 heterocycles. The van der Waals surface area contributed by atoms with Crippen LogP contribution in [0.5, 0.6) is 11.5 Å². The number of hydrogen-bond acceptors (Lipinski definition) is 5. The first-order chi connectivity index (χ1) is 15.4. The first-order valence-electron chi connectivity index (χ1n) is 11.1. The van der Waals surface area contributed by atoms with Crippen LogP contribution in [-0.4, -0.2) is 35.5 Å². The van der Waals surface area contributed by atoms with Gasteiger partial charge in [-0.25, -0.2) is 4.79 Å². The molecule has 6 rings (SSSR count). The van der Waals surface area contributed by atoms with Crippen molar-refractivity contribution in [1.82, 2.24) is 4.57 Å². The van der Waals surface area contributed by atoms with Gasteiger partial charge in [0, 0.05) is 23.2 Å². The average Bonchev–Trinajstić information content (AvgIpc) is 3.64. The number of rotatable bonds is 6. The van der Waals surface area contributed by atoms with E-state index >= 15 is 0 Å². The van der Waals surface area contributed by atoms with Gasteiger partial charge in [0.2, 0.25) is 0 Å². The number of benzene rings is 1. The van der Waals surface area contributed by atoms with Gasteiger partial charge in [0.05, 0.1) is 36.0 Å². The van der Waals surface area contributed by atoms with Crippen LogP contribution in [0.15, 0.2) is 23.0 Å². The quantitative estimate of drug-likeness (QED) is 0.689. The number of fused-ring (bicyclic) bond motifs is 3. The van der Waals surface area contributed by atoms with Gasteiger partial charge < -0.3 is 23.9 Å². The molecule has 0 radical (unpaired) electrons. The van der Waals surface area contributed by atoms with Crippen LogP contribution in [0, 0.1) is 11.3 Å². The van der Waals surface area contributed by atoms with Crippen LogP contribution in [0.4, 0.5) is 0 Å². The van der Waals surface area contributed by atoms with Crippen molar-refractivity contribution in [2.75, 3.05) is 19.8 Å². The molecule has 1 aromatic carbocycles. The van der Waals surface area contributed by atoms with Crippen LogP contribution in [-0.2, 0) is 4.74 Å². The molecule has 32 heavy (non-hydrogen) atoms. The van der Waals surface area contributed by atoms with Crippen LogP contribution in [0.25, 0.3) is 11.3 Å². The zero-order valence-electron chi connectivity index (χ0n) is 17.7. The maximum absolute atomic E-state index is 13.2. The van der Waals surface area contributed by atoms with Gasteiger partial charge in [0.15, 0.2) is 0 Å². The predicted molar refractivity (Wildman–Crippen MR) is 117 cm³/mol. The van der Waals surface area contributed by atoms with Gasteiger partial charge in [-0.2, -0.15) is 0 Å². The number of hydrogen-bond donors (Lipinski definition) is 1. The van der Waals surface area contributed by atoms with Gasteiger partial charge >= 0.3 is 5.97 Å². The van der Waals surface area contributed by atoms with E-state index in [1.54, 1.807) is 10.6 Å². The molecule has 0 spiro atoms. The summed E-state index contributed by atoms with van der Waals surface area (Å²) in [6.45, 7) is 3.67. The van der Waals surface area contributed by atoms with E-state index in [9.17, 15) is 14.7 Å². The minimum Gasteiger partial charge on any atom is -0.492 e. The molecule has 7 nitrogen and oxygen atoms in total. The molecular weight excluding hydrogens is 434 g/mol. The Morgan fingerprint density at radius 3 is 2.59 bits per heavy atom. The van der Waals surface area contributed by atoms with Crippen molar-refractivity contribution in [3.05, 3.63) is 44.7 Å². The van der Waals surface area contributed by atoms with Crippen LogP contribution >= 0.6 is 11.6 Å². The molecule has 1 saturated heterocycles. The SMILES string of the molecule is CC1(C2Oc3cc(OCC4CC4)c(Cl)cc3-c3c2cc(C(=O)O)c(=O)n3C2CC2)COC1. The number of carbonyl (C=O) groups is 1. The van der Waals surface area contributed by atoms with E-state index in [4.69, 9.17) is 25.8 Å². The Labute approximate surface area is 189 Å². The van der Waals surface area contributed by atoms with E-state index in [1.165, 1.54) is 18.9 Å². The van der Waals surface area contributed by atoms with E-state index in [1.807, 2.05) is 6.07 Å². The second-order valence-electron chi connectivity index (χ2n) is 9.75. The van der Waals surface area contributed by atoms with E-state index in [-0.39, 0.29) is 17.0 Å². The molecule has 2 saturated carbocycles. The highest BCUT2D eigenvalue weighted by Gasteiger charge is 2.48. The lowest BCUT2D eigenvalue weighted by atomic mass is 9.76. The summed E-state index contributed by atoms with van der Waals surface area (Å²) in [6.07, 6.45) is 3.58. The lowest BCUT2D eigenvalue weighted by Crippen LogP contribution is -2.48. The Kier molecular flexibility index (Phi) is 4.40. The Balaban J connectivity index is 1.56. The normalized spacial score (nSPS) is 22.9. The molecule has 2 aliphatic heterocycles. The van der Waals surface area contributed by atoms with Crippen LogP contribution in [0.1, 0.15) is 60.7 Å². The lowest BCUT2D eigenvalue weighted by molar-refractivity contribution is -0.156. The molecule has 0 bridgehead atoms. The molecule has 1 atom stereocenters. The highest BCUT2D eigenvalue weighted by atomic mass is 35.5. The van der Waals surface area contributed by atoms with Crippen molar-refractivity contribution >= 4 is 17.6 Å². The zero-order valence-corrected chi connectivity index (χ0v) is 18.5. The Hall–Kier alpha value is -2.51. The second kappa shape index (κ2) is 6.99. The Bertz CT molecular complexity index is 1190. The van der Waals surface area contributed by atoms with E-state index in [0.717, 1.165) is 12.8 Å². The third kappa shape index (κ3) is 3.13. The fourth-order valence-corrected chi connectivity index (χ4v) is 4.90. The molecule has 8 heteroatoms. The van der Waals surface area contributed by atoms with Crippen molar-refractivity contribution in [3.63, 3.8) is 0 Å². The molecule has 1 aromatic heterocycles. The van der Waals surface area contributed by atoms with E-state index < -0.39 is 17.6 Å². The first-order valence-corrected chi connectivity index (χ1v) is 11.5. The number of pyridine rings is 1. The standard InChI is InChI=1S/C24H24ClNO6/c1-24(10-30-11-24)21-15-6-16(23(28)29)22(27)26(13-4-5-13)20(15)14-7-17(25)19(8-18(14)32-21)31-9-12-2-3-12/h6-8,12-13,21H,2-5,9-11H2,1H3,(H,28,29). The van der Waals surface area contributed by atoms with Gasteiger partial charge in [-0.05, 0) is 43.7 Å². The molecular formula is C24H24ClNO6. The van der Waals surface area contributed by atoms with E-state index in [2.05, 4.69) is 6.92 Å². The molecule has 1 N–H and O–H groups in total. The number of ether oxygens (including phenoxy) is 3. The fraction of sp³-hybridized carbons (Fsp3) is 0.500. The summed E-state index contributed by atoms with van der Waals surface area (Å²) in [6, 6.07) is 5.07. The lowest BCUT2D eigenvalue weighted by Gasteiger charge is -2.46. The number of aromatic nitrogens is 1. The number of aromatic carboxylic acids is 1. The van der Waals surface area contributed by atoms with Gasteiger partial charge in [-0.3, -0.25) is 4.79 Å². The van der Waals surface area contributed by atoms with Crippen molar-refractivity contribution in [2.24, 2.45) is 11.3 Å². The van der Waals surface area contributed by atoms with Crippen molar-refractivity contribution in [3.8, 4) is 22.8 Å². The molecule has 2 aromatic rings. The average molecular weight is 458 g/mol. The summed E-state index contributed by atoms with van der Waals surface area (Å²) >= 11 is 6.58. The predicted octanol–water partition coefficient (Wildman–Crippen LogP) is 4.46. The number of carboxylic acid groups (broad SMARTS) is 1. The summed E-state index contributed by atoms with van der Waals surface area (Å²) in [4.78, 5) is 25.1. The van der Waals surface area contributed by atoms with Crippen molar-refractivity contribution in [2.45, 2.75) is 44.8 Å². The number of halogens is 1. The number of carboxylic acids is 1. The van der Waals surface area contributed by atoms with Gasteiger partial charge in [-0.1, -0.05) is 18.5 Å². The van der Waals surface area contributed by atoms with Crippen LogP contribution in [0.2, 0.25) is 5.02 Å². The molecule has 0 amide bonds. The smallest absolute Gasteiger partial charge is 0.341 e. The summed E-state index contributed by atoms with van der Waals surface area (Å²) in [5.41, 5.74) is 1.07. The Morgan fingerprint density at radius 2 is 2.00 bits per heavy atom. The molecule has 4 aliphatic rings. The van der Waals surface area contributed by atoms with Crippen LogP contribution in [0.3, 0.4) is 0 Å². The molecule has 1 unspecified atom stereocenters. The topological polar surface area (TPSA) is 87.0 Å². The zero-order chi connectivity index (χ0) is 22.2. The minimum atomic E-state index is -1.23. The molecule has 3 fully saturated rings. The van der Waals surface area contributed by atoms with Crippen LogP contribution < -0.4 is 15.0 Å². The third-order valence-electron chi connectivity index (χ3n) is 6.89. The summed E-state index contributed by atoms with van der Waals surface area (Å²) in [5.74, 6) is 0.519. The molecule has 2 aliphatic carbocycles. The van der Waals surface area contributed by atoms with Gasteiger partial charge in [0.25, 0.3) is 5.56 Å². The molecule has 168 valence electrons. The maximum atomic E-state index is 13.2. The van der Waals surface area contributed by atoms with Crippen molar-refractivity contribution < 1.29 is 24.1 Å². The monoisotopic (exact) mass is 457 g/mol. The maximum Gasteiger partial charge on any atom is 0.341 e. The summed E-state index contributed by atoms with van der Waals surface area (Å²) in [7, 11) is 0. The Morgan fingerprint density at radius 1 is 1.25 bits per heavy atom. The fourth-order valence-electron chi connectivity index (χ4n) is 4.68. The summed E-state index contributed by atoms with van der Waals surface area (Å²) < 4.78 is 19.6. The van der Waals surface area contributed by atoms with Gasteiger partial charge in [0.1, 0.15) is 23.2 Å². The second-order valence-corrected chi connectivity index (χ2v) is 10.2. The number of nitrogens with zero attached hydrogens (tertiary/aromatic N) is 1. The highest BCUT2D eigenvalue weighted by Crippen LogP contribution is 2.54. The summed E-state index contributed by atoms with van der Waals surface area (Å²) in [5, 5.41) is 10.2. The largest absolute Gasteiger partial charge is 0.492 e.